The van der Waals surface area contributed by atoms with Gasteiger partial charge in [0.2, 0.25) is 0 Å². The number of unbranched alkanes of at least 4 members (excludes halogenated alkanes) is 1. The summed E-state index contributed by atoms with van der Waals surface area (Å²) in [7, 11) is 0. The van der Waals surface area contributed by atoms with Gasteiger partial charge in [-0.15, -0.1) is 0 Å². The Balaban J connectivity index is 1.69. The van der Waals surface area contributed by atoms with E-state index in [0.29, 0.717) is 29.2 Å². The minimum atomic E-state index is -0.244. The summed E-state index contributed by atoms with van der Waals surface area (Å²) in [5.41, 5.74) is 1.76. The van der Waals surface area contributed by atoms with Crippen molar-refractivity contribution in [2.24, 2.45) is 0 Å². The summed E-state index contributed by atoms with van der Waals surface area (Å²) in [4.78, 5) is 27.1. The van der Waals surface area contributed by atoms with Crippen LogP contribution in [-0.2, 0) is 0 Å². The number of hydrogen-bond acceptors (Lipinski definition) is 3. The number of ether oxygens (including phenoxy) is 1. The van der Waals surface area contributed by atoms with E-state index in [9.17, 15) is 9.59 Å². The van der Waals surface area contributed by atoms with Gasteiger partial charge in [-0.05, 0) is 61.7 Å². The summed E-state index contributed by atoms with van der Waals surface area (Å²) < 4.78 is 6.58. The molecule has 2 aromatic carbocycles. The molecule has 0 unspecified atom stereocenters. The maximum atomic E-state index is 12.8. The predicted octanol–water partition coefficient (Wildman–Crippen LogP) is 5.12. The largest absolute Gasteiger partial charge is 0.493 e. The number of carbonyl (C=O) groups is 2. The van der Waals surface area contributed by atoms with E-state index in [1.807, 2.05) is 11.0 Å². The lowest BCUT2D eigenvalue weighted by atomic mass is 10.1. The summed E-state index contributed by atoms with van der Waals surface area (Å²) in [5, 5.41) is 2.89. The third kappa shape index (κ3) is 5.13. The highest BCUT2D eigenvalue weighted by Crippen LogP contribution is 2.25. The topological polar surface area (TPSA) is 58.6 Å². The number of nitrogens with one attached hydrogen (secondary N) is 1. The first kappa shape index (κ1) is 20.4. The van der Waals surface area contributed by atoms with Crippen LogP contribution in [0.15, 0.2) is 46.9 Å². The van der Waals surface area contributed by atoms with Crippen molar-refractivity contribution >= 4 is 33.4 Å². The summed E-state index contributed by atoms with van der Waals surface area (Å²) in [5.74, 6) is 0.371. The molecule has 1 N–H and O–H groups in total. The molecule has 28 heavy (non-hydrogen) atoms. The first-order chi connectivity index (χ1) is 13.6. The van der Waals surface area contributed by atoms with Crippen LogP contribution < -0.4 is 10.1 Å². The smallest absolute Gasteiger partial charge is 0.259 e. The van der Waals surface area contributed by atoms with Crippen molar-refractivity contribution in [1.82, 2.24) is 4.90 Å². The van der Waals surface area contributed by atoms with Crippen molar-refractivity contribution in [2.75, 3.05) is 25.0 Å². The van der Waals surface area contributed by atoms with Crippen molar-refractivity contribution in [3.8, 4) is 5.75 Å². The van der Waals surface area contributed by atoms with Crippen molar-refractivity contribution in [1.29, 1.82) is 0 Å². The third-order valence-electron chi connectivity index (χ3n) is 4.72. The lowest BCUT2D eigenvalue weighted by molar-refractivity contribution is 0.0792. The van der Waals surface area contributed by atoms with Crippen LogP contribution in [0, 0.1) is 0 Å². The summed E-state index contributed by atoms with van der Waals surface area (Å²) >= 11 is 3.41. The number of halogens is 1. The van der Waals surface area contributed by atoms with Gasteiger partial charge < -0.3 is 15.0 Å². The zero-order valence-electron chi connectivity index (χ0n) is 16.0. The van der Waals surface area contributed by atoms with Gasteiger partial charge >= 0.3 is 0 Å². The Morgan fingerprint density at radius 2 is 1.82 bits per heavy atom. The second kappa shape index (κ2) is 9.73. The Morgan fingerprint density at radius 3 is 2.50 bits per heavy atom. The number of carbonyl (C=O) groups excluding carboxylic acids is 2. The minimum Gasteiger partial charge on any atom is -0.493 e. The van der Waals surface area contributed by atoms with E-state index in [-0.39, 0.29) is 11.8 Å². The molecule has 5 nitrogen and oxygen atoms in total. The number of nitrogens with zero attached hydrogens (tertiary/aromatic N) is 1. The standard InChI is InChI=1S/C22H25BrN2O3/c1-2-3-14-28-20-11-8-17(23)15-19(20)21(26)24-18-9-6-16(7-10-18)22(27)25-12-4-5-13-25/h6-11,15H,2-5,12-14H2,1H3,(H,24,26). The second-order valence-corrected chi connectivity index (χ2v) is 7.79. The normalized spacial score (nSPS) is 13.4. The fourth-order valence-corrected chi connectivity index (χ4v) is 3.49. The molecular weight excluding hydrogens is 420 g/mol. The van der Waals surface area contributed by atoms with Gasteiger partial charge in [0, 0.05) is 28.8 Å². The Bertz CT molecular complexity index is 830. The molecule has 0 spiro atoms. The number of benzene rings is 2. The van der Waals surface area contributed by atoms with Gasteiger partial charge in [-0.25, -0.2) is 0 Å². The van der Waals surface area contributed by atoms with Gasteiger partial charge in [0.1, 0.15) is 5.75 Å². The Kier molecular flexibility index (Phi) is 7.09. The zero-order chi connectivity index (χ0) is 19.9. The van der Waals surface area contributed by atoms with Gasteiger partial charge in [-0.2, -0.15) is 0 Å². The predicted molar refractivity (Wildman–Crippen MR) is 114 cm³/mol. The molecule has 6 heteroatoms. The first-order valence-electron chi connectivity index (χ1n) is 9.71. The average molecular weight is 445 g/mol. The molecule has 3 rings (SSSR count). The van der Waals surface area contributed by atoms with E-state index in [1.165, 1.54) is 0 Å². The van der Waals surface area contributed by atoms with Gasteiger partial charge in [-0.3, -0.25) is 9.59 Å². The molecule has 1 heterocycles. The molecule has 148 valence electrons. The maximum absolute atomic E-state index is 12.8. The lowest BCUT2D eigenvalue weighted by Gasteiger charge is -2.15. The van der Waals surface area contributed by atoms with E-state index in [1.54, 1.807) is 36.4 Å². The van der Waals surface area contributed by atoms with Crippen molar-refractivity contribution in [3.63, 3.8) is 0 Å². The van der Waals surface area contributed by atoms with Crippen LogP contribution in [0.2, 0.25) is 0 Å². The summed E-state index contributed by atoms with van der Waals surface area (Å²) in [6, 6.07) is 12.4. The van der Waals surface area contributed by atoms with E-state index in [4.69, 9.17) is 4.74 Å². The molecule has 0 saturated carbocycles. The van der Waals surface area contributed by atoms with Gasteiger partial charge in [0.25, 0.3) is 11.8 Å². The first-order valence-corrected chi connectivity index (χ1v) is 10.5. The lowest BCUT2D eigenvalue weighted by Crippen LogP contribution is -2.27. The third-order valence-corrected chi connectivity index (χ3v) is 5.22. The number of amides is 2. The quantitative estimate of drug-likeness (QED) is 0.603. The van der Waals surface area contributed by atoms with Crippen LogP contribution in [0.3, 0.4) is 0 Å². The number of hydrogen-bond donors (Lipinski definition) is 1. The van der Waals surface area contributed by atoms with Gasteiger partial charge in [0.05, 0.1) is 12.2 Å². The Morgan fingerprint density at radius 1 is 1.11 bits per heavy atom. The van der Waals surface area contributed by atoms with E-state index >= 15 is 0 Å². The fourth-order valence-electron chi connectivity index (χ4n) is 3.13. The van der Waals surface area contributed by atoms with Crippen molar-refractivity contribution in [2.45, 2.75) is 32.6 Å². The highest BCUT2D eigenvalue weighted by molar-refractivity contribution is 9.10. The van der Waals surface area contributed by atoms with Crippen LogP contribution in [0.25, 0.3) is 0 Å². The highest BCUT2D eigenvalue weighted by Gasteiger charge is 2.19. The second-order valence-electron chi connectivity index (χ2n) is 6.87. The molecule has 1 aliphatic rings. The highest BCUT2D eigenvalue weighted by atomic mass is 79.9. The Hall–Kier alpha value is -2.34. The molecule has 2 amide bonds. The van der Waals surface area contributed by atoms with Crippen LogP contribution in [-0.4, -0.2) is 36.4 Å². The van der Waals surface area contributed by atoms with Crippen molar-refractivity contribution < 1.29 is 14.3 Å². The van der Waals surface area contributed by atoms with Crippen LogP contribution >= 0.6 is 15.9 Å². The average Bonchev–Trinajstić information content (AvgIpc) is 3.24. The van der Waals surface area contributed by atoms with Crippen LogP contribution in [0.4, 0.5) is 5.69 Å². The number of anilines is 1. The summed E-state index contributed by atoms with van der Waals surface area (Å²) in [6.45, 7) is 4.31. The monoisotopic (exact) mass is 444 g/mol. The van der Waals surface area contributed by atoms with Gasteiger partial charge in [0.15, 0.2) is 0 Å². The molecule has 1 aliphatic heterocycles. The minimum absolute atomic E-state index is 0.0500. The SMILES string of the molecule is CCCCOc1ccc(Br)cc1C(=O)Nc1ccc(C(=O)N2CCCC2)cc1. The molecule has 1 fully saturated rings. The van der Waals surface area contributed by atoms with Gasteiger partial charge in [-0.1, -0.05) is 29.3 Å². The van der Waals surface area contributed by atoms with E-state index in [2.05, 4.69) is 28.2 Å². The molecule has 0 bridgehead atoms. The summed E-state index contributed by atoms with van der Waals surface area (Å²) in [6.07, 6.45) is 4.09. The Labute approximate surface area is 174 Å². The molecule has 0 aliphatic carbocycles. The molecule has 0 atom stereocenters. The zero-order valence-corrected chi connectivity index (χ0v) is 17.6. The molecule has 0 radical (unpaired) electrons. The number of rotatable bonds is 7. The van der Waals surface area contributed by atoms with Crippen LogP contribution in [0.1, 0.15) is 53.3 Å². The molecular formula is C22H25BrN2O3. The number of likely N-dealkylation sites (tertiary alicyclic amines) is 1. The van der Waals surface area contributed by atoms with E-state index in [0.717, 1.165) is 43.2 Å². The van der Waals surface area contributed by atoms with E-state index < -0.39 is 0 Å². The van der Waals surface area contributed by atoms with Crippen LogP contribution in [0.5, 0.6) is 5.75 Å². The molecule has 1 saturated heterocycles. The maximum Gasteiger partial charge on any atom is 0.259 e. The molecule has 2 aromatic rings. The fraction of sp³-hybridized carbons (Fsp3) is 0.364. The van der Waals surface area contributed by atoms with Crippen molar-refractivity contribution in [3.05, 3.63) is 58.1 Å². The molecule has 0 aromatic heterocycles.